The molecule has 0 bridgehead atoms. The van der Waals surface area contributed by atoms with Gasteiger partial charge in [-0.1, -0.05) is 29.3 Å². The van der Waals surface area contributed by atoms with E-state index in [1.165, 1.54) is 12.1 Å². The van der Waals surface area contributed by atoms with Crippen LogP contribution in [0.3, 0.4) is 0 Å². The topological polar surface area (TPSA) is 56.8 Å². The van der Waals surface area contributed by atoms with Gasteiger partial charge in [0.1, 0.15) is 17.9 Å². The number of hydrogen-bond donors (Lipinski definition) is 0. The quantitative estimate of drug-likeness (QED) is 0.816. The third kappa shape index (κ3) is 2.80. The lowest BCUT2D eigenvalue weighted by atomic mass is 10.1. The second-order valence-electron chi connectivity index (χ2n) is 3.58. The van der Waals surface area contributed by atoms with E-state index in [9.17, 15) is 0 Å². The average molecular weight is 289 g/mol. The summed E-state index contributed by atoms with van der Waals surface area (Å²) in [5.41, 5.74) is 0.531. The minimum atomic E-state index is 0.239. The molecule has 0 radical (unpaired) electrons. The fraction of sp³-hybridized carbons (Fsp3) is 0. The Bertz CT molecular complexity index is 694. The van der Waals surface area contributed by atoms with Gasteiger partial charge in [-0.25, -0.2) is 0 Å². The van der Waals surface area contributed by atoms with Crippen LogP contribution >= 0.6 is 23.2 Å². The molecule has 2 aromatic rings. The van der Waals surface area contributed by atoms with E-state index in [0.717, 1.165) is 0 Å². The molecule has 0 atom stereocenters. The van der Waals surface area contributed by atoms with Gasteiger partial charge in [0.05, 0.1) is 21.2 Å². The van der Waals surface area contributed by atoms with Crippen LogP contribution in [0.4, 0.5) is 0 Å². The first-order chi connectivity index (χ1) is 9.15. The molecule has 0 aromatic heterocycles. The Kier molecular flexibility index (Phi) is 3.92. The SMILES string of the molecule is N#Cc1ccc(Oc2c(Cl)cccc2Cl)cc1C#N. The molecule has 2 aromatic carbocycles. The number of hydrogen-bond acceptors (Lipinski definition) is 3. The summed E-state index contributed by atoms with van der Waals surface area (Å²) >= 11 is 12.0. The second kappa shape index (κ2) is 5.63. The van der Waals surface area contributed by atoms with Crippen LogP contribution in [0.5, 0.6) is 11.5 Å². The van der Waals surface area contributed by atoms with E-state index in [1.54, 1.807) is 24.3 Å². The summed E-state index contributed by atoms with van der Waals surface area (Å²) in [4.78, 5) is 0. The molecule has 0 aliphatic rings. The Morgan fingerprint density at radius 2 is 1.53 bits per heavy atom. The normalized spacial score (nSPS) is 9.47. The number of benzene rings is 2. The van der Waals surface area contributed by atoms with Gasteiger partial charge >= 0.3 is 0 Å². The van der Waals surface area contributed by atoms with Gasteiger partial charge in [-0.15, -0.1) is 0 Å². The van der Waals surface area contributed by atoms with Gasteiger partial charge < -0.3 is 4.74 Å². The third-order valence-corrected chi connectivity index (χ3v) is 2.97. The Hall–Kier alpha value is -2.20. The lowest BCUT2D eigenvalue weighted by Gasteiger charge is -2.09. The molecule has 0 aliphatic carbocycles. The summed E-state index contributed by atoms with van der Waals surface area (Å²) in [5.74, 6) is 0.713. The molecular formula is C14H6Cl2N2O. The molecule has 19 heavy (non-hydrogen) atoms. The van der Waals surface area contributed by atoms with Gasteiger partial charge in [0.25, 0.3) is 0 Å². The Labute approximate surface area is 120 Å². The highest BCUT2D eigenvalue weighted by Gasteiger charge is 2.10. The molecule has 0 N–H and O–H groups in total. The van der Waals surface area contributed by atoms with E-state index in [4.69, 9.17) is 38.5 Å². The van der Waals surface area contributed by atoms with Gasteiger partial charge in [-0.05, 0) is 30.3 Å². The first-order valence-corrected chi connectivity index (χ1v) is 5.97. The highest BCUT2D eigenvalue weighted by Crippen LogP contribution is 2.36. The van der Waals surface area contributed by atoms with E-state index >= 15 is 0 Å². The molecule has 5 heteroatoms. The molecule has 0 spiro atoms. The predicted octanol–water partition coefficient (Wildman–Crippen LogP) is 4.53. The van der Waals surface area contributed by atoms with Crippen LogP contribution in [-0.2, 0) is 0 Å². The van der Waals surface area contributed by atoms with Crippen molar-refractivity contribution in [3.8, 4) is 23.6 Å². The summed E-state index contributed by atoms with van der Waals surface area (Å²) in [5, 5.41) is 18.5. The van der Waals surface area contributed by atoms with E-state index in [2.05, 4.69) is 0 Å². The smallest absolute Gasteiger partial charge is 0.164 e. The highest BCUT2D eigenvalue weighted by molar-refractivity contribution is 6.37. The first-order valence-electron chi connectivity index (χ1n) is 5.22. The summed E-state index contributed by atoms with van der Waals surface area (Å²) in [6.45, 7) is 0. The number of halogens is 2. The van der Waals surface area contributed by atoms with E-state index in [0.29, 0.717) is 27.1 Å². The molecule has 0 saturated carbocycles. The molecule has 3 nitrogen and oxygen atoms in total. The van der Waals surface area contributed by atoms with E-state index in [1.807, 2.05) is 12.1 Å². The lowest BCUT2D eigenvalue weighted by molar-refractivity contribution is 0.483. The van der Waals surface area contributed by atoms with Crippen LogP contribution in [0.1, 0.15) is 11.1 Å². The molecule has 0 heterocycles. The van der Waals surface area contributed by atoms with Crippen LogP contribution in [0.15, 0.2) is 36.4 Å². The zero-order chi connectivity index (χ0) is 13.8. The minimum absolute atomic E-state index is 0.239. The Balaban J connectivity index is 2.41. The van der Waals surface area contributed by atoms with Crippen molar-refractivity contribution in [2.24, 2.45) is 0 Å². The molecule has 2 rings (SSSR count). The van der Waals surface area contributed by atoms with Crippen molar-refractivity contribution < 1.29 is 4.74 Å². The van der Waals surface area contributed by atoms with Gasteiger partial charge in [-0.2, -0.15) is 10.5 Å². The highest BCUT2D eigenvalue weighted by atomic mass is 35.5. The third-order valence-electron chi connectivity index (χ3n) is 2.37. The zero-order valence-corrected chi connectivity index (χ0v) is 11.0. The van der Waals surface area contributed by atoms with Gasteiger partial charge in [0.15, 0.2) is 5.75 Å². The van der Waals surface area contributed by atoms with Gasteiger partial charge in [0.2, 0.25) is 0 Å². The molecule has 0 fully saturated rings. The van der Waals surface area contributed by atoms with Crippen LogP contribution < -0.4 is 4.74 Å². The molecule has 92 valence electrons. The largest absolute Gasteiger partial charge is 0.454 e. The van der Waals surface area contributed by atoms with Gasteiger partial charge in [0, 0.05) is 0 Å². The van der Waals surface area contributed by atoms with E-state index in [-0.39, 0.29) is 5.56 Å². The molecule has 0 unspecified atom stereocenters. The summed E-state index contributed by atoms with van der Waals surface area (Å²) in [6.07, 6.45) is 0. The number of rotatable bonds is 2. The first kappa shape index (κ1) is 13.2. The Morgan fingerprint density at radius 3 is 2.11 bits per heavy atom. The van der Waals surface area contributed by atoms with Crippen LogP contribution in [-0.4, -0.2) is 0 Å². The maximum absolute atomic E-state index is 8.94. The maximum Gasteiger partial charge on any atom is 0.164 e. The van der Waals surface area contributed by atoms with Crippen LogP contribution in [0.25, 0.3) is 0 Å². The number of ether oxygens (including phenoxy) is 1. The van der Waals surface area contributed by atoms with Crippen molar-refractivity contribution in [2.45, 2.75) is 0 Å². The van der Waals surface area contributed by atoms with Crippen LogP contribution in [0, 0.1) is 22.7 Å². The van der Waals surface area contributed by atoms with E-state index < -0.39 is 0 Å². The number of nitriles is 2. The fourth-order valence-electron chi connectivity index (χ4n) is 1.47. The van der Waals surface area contributed by atoms with Crippen LogP contribution in [0.2, 0.25) is 10.0 Å². The van der Waals surface area contributed by atoms with Crippen molar-refractivity contribution in [1.82, 2.24) is 0 Å². The molecular weight excluding hydrogens is 283 g/mol. The van der Waals surface area contributed by atoms with Crippen molar-refractivity contribution in [3.63, 3.8) is 0 Å². The van der Waals surface area contributed by atoms with Gasteiger partial charge in [-0.3, -0.25) is 0 Å². The fourth-order valence-corrected chi connectivity index (χ4v) is 1.95. The zero-order valence-electron chi connectivity index (χ0n) is 9.52. The molecule has 0 saturated heterocycles. The number of nitrogens with zero attached hydrogens (tertiary/aromatic N) is 2. The number of para-hydroxylation sites is 1. The van der Waals surface area contributed by atoms with Crippen molar-refractivity contribution in [2.75, 3.05) is 0 Å². The molecule has 0 aliphatic heterocycles. The monoisotopic (exact) mass is 288 g/mol. The van der Waals surface area contributed by atoms with Crippen molar-refractivity contribution in [3.05, 3.63) is 57.6 Å². The van der Waals surface area contributed by atoms with Crippen molar-refractivity contribution in [1.29, 1.82) is 10.5 Å². The average Bonchev–Trinajstić information content (AvgIpc) is 2.42. The standard InChI is InChI=1S/C14H6Cl2N2O/c15-12-2-1-3-13(16)14(12)19-11-5-4-9(7-17)10(6-11)8-18/h1-6H. The van der Waals surface area contributed by atoms with Crippen molar-refractivity contribution >= 4 is 23.2 Å². The second-order valence-corrected chi connectivity index (χ2v) is 4.40. The predicted molar refractivity (Wildman–Crippen MR) is 72.4 cm³/mol. The summed E-state index contributed by atoms with van der Waals surface area (Å²) in [6, 6.07) is 13.4. The lowest BCUT2D eigenvalue weighted by Crippen LogP contribution is -1.89. The Morgan fingerprint density at radius 1 is 0.895 bits per heavy atom. The minimum Gasteiger partial charge on any atom is -0.454 e. The summed E-state index contributed by atoms with van der Waals surface area (Å²) < 4.78 is 5.56. The maximum atomic E-state index is 8.94. The molecule has 0 amide bonds. The summed E-state index contributed by atoms with van der Waals surface area (Å²) in [7, 11) is 0.